The van der Waals surface area contributed by atoms with E-state index in [1.54, 1.807) is 74.5 Å². The smallest absolute Gasteiger partial charge is 0.339 e. The number of hydrogen-bond donors (Lipinski definition) is 0. The Balaban J connectivity index is 1.42. The molecule has 6 aromatic carbocycles. The van der Waals surface area contributed by atoms with Crippen LogP contribution in [0.15, 0.2) is 131 Å². The Morgan fingerprint density at radius 1 is 0.471 bits per heavy atom. The number of halogens is 4. The fourth-order valence-electron chi connectivity index (χ4n) is 6.59. The van der Waals surface area contributed by atoms with Gasteiger partial charge in [-0.05, 0) is 107 Å². The molecule has 0 amide bonds. The molecule has 0 N–H and O–H groups in total. The first-order valence-corrected chi connectivity index (χ1v) is 18.2. The lowest BCUT2D eigenvalue weighted by Crippen LogP contribution is -2.30. The average molecular weight is 731 g/mol. The monoisotopic (exact) mass is 730 g/mol. The molecule has 6 nitrogen and oxygen atoms in total. The van der Waals surface area contributed by atoms with Gasteiger partial charge in [0.1, 0.15) is 9.79 Å². The van der Waals surface area contributed by atoms with E-state index in [2.05, 4.69) is 0 Å². The predicted octanol–water partition coefficient (Wildman–Crippen LogP) is 8.76. The fraction of sp³-hybridized carbons (Fsp3) is 0.0769. The first-order chi connectivity index (χ1) is 24.2. The normalized spacial score (nSPS) is 13.4. The molecule has 0 saturated carbocycles. The van der Waals surface area contributed by atoms with Gasteiger partial charge in [0.2, 0.25) is 11.5 Å². The van der Waals surface area contributed by atoms with Gasteiger partial charge < -0.3 is 8.37 Å². The summed E-state index contributed by atoms with van der Waals surface area (Å²) in [5, 5.41) is 0. The van der Waals surface area contributed by atoms with Crippen LogP contribution in [-0.4, -0.2) is 16.8 Å². The van der Waals surface area contributed by atoms with Crippen LogP contribution < -0.4 is 8.37 Å². The van der Waals surface area contributed by atoms with Crippen molar-refractivity contribution in [2.75, 3.05) is 0 Å². The third-order valence-corrected chi connectivity index (χ3v) is 11.2. The van der Waals surface area contributed by atoms with E-state index in [-0.39, 0.29) is 20.9 Å². The van der Waals surface area contributed by atoms with Crippen LogP contribution in [0.25, 0.3) is 11.1 Å². The Morgan fingerprint density at radius 2 is 0.824 bits per heavy atom. The molecular formula is C39H26F4O6S2. The van der Waals surface area contributed by atoms with Crippen LogP contribution in [0.2, 0.25) is 0 Å². The molecule has 0 spiro atoms. The van der Waals surface area contributed by atoms with Gasteiger partial charge in [0, 0.05) is 0 Å². The van der Waals surface area contributed by atoms with Gasteiger partial charge in [-0.2, -0.15) is 16.8 Å². The van der Waals surface area contributed by atoms with E-state index in [0.717, 1.165) is 24.3 Å². The highest BCUT2D eigenvalue weighted by molar-refractivity contribution is 7.87. The summed E-state index contributed by atoms with van der Waals surface area (Å²) in [4.78, 5) is -0.642. The second kappa shape index (κ2) is 12.4. The van der Waals surface area contributed by atoms with Crippen LogP contribution >= 0.6 is 0 Å². The molecule has 0 radical (unpaired) electrons. The Hall–Kier alpha value is -5.46. The van der Waals surface area contributed by atoms with Crippen LogP contribution in [0.3, 0.4) is 0 Å². The van der Waals surface area contributed by atoms with Crippen LogP contribution in [0.5, 0.6) is 11.5 Å². The van der Waals surface area contributed by atoms with Crippen molar-refractivity contribution in [2.45, 2.75) is 29.1 Å². The van der Waals surface area contributed by atoms with Gasteiger partial charge >= 0.3 is 20.2 Å². The predicted molar refractivity (Wildman–Crippen MR) is 182 cm³/mol. The molecular weight excluding hydrogens is 705 g/mol. The first-order valence-electron chi connectivity index (χ1n) is 15.4. The molecule has 12 heteroatoms. The third-order valence-electron chi connectivity index (χ3n) is 8.76. The van der Waals surface area contributed by atoms with Crippen molar-refractivity contribution in [3.63, 3.8) is 0 Å². The van der Waals surface area contributed by atoms with E-state index in [0.29, 0.717) is 33.4 Å². The summed E-state index contributed by atoms with van der Waals surface area (Å²) in [5.74, 6) is -7.98. The zero-order valence-corrected chi connectivity index (χ0v) is 28.5. The summed E-state index contributed by atoms with van der Waals surface area (Å²) in [5.41, 5.74) is 1.01. The highest BCUT2D eigenvalue weighted by Gasteiger charge is 2.48. The molecule has 0 aliphatic heterocycles. The van der Waals surface area contributed by atoms with E-state index < -0.39 is 60.4 Å². The number of rotatable bonds is 8. The minimum absolute atomic E-state index is 0.157. The number of hydrogen-bond acceptors (Lipinski definition) is 6. The third kappa shape index (κ3) is 5.74. The lowest BCUT2D eigenvalue weighted by Gasteiger charge is -2.34. The van der Waals surface area contributed by atoms with Gasteiger partial charge in [-0.25, -0.2) is 17.6 Å². The largest absolute Gasteiger partial charge is 0.373 e. The number of aryl methyl sites for hydroxylation is 2. The van der Waals surface area contributed by atoms with Crippen molar-refractivity contribution in [2.24, 2.45) is 0 Å². The highest BCUT2D eigenvalue weighted by atomic mass is 32.2. The fourth-order valence-corrected chi connectivity index (χ4v) is 8.69. The van der Waals surface area contributed by atoms with Crippen molar-refractivity contribution in [1.82, 2.24) is 0 Å². The average Bonchev–Trinajstić information content (AvgIpc) is 3.39. The van der Waals surface area contributed by atoms with Gasteiger partial charge in [0.25, 0.3) is 0 Å². The minimum atomic E-state index is -4.67. The molecule has 1 aliphatic carbocycles. The van der Waals surface area contributed by atoms with E-state index >= 15 is 17.6 Å². The van der Waals surface area contributed by atoms with E-state index in [1.807, 2.05) is 0 Å². The zero-order chi connectivity index (χ0) is 36.3. The van der Waals surface area contributed by atoms with Gasteiger partial charge in [0.15, 0.2) is 23.3 Å². The first kappa shape index (κ1) is 34.0. The molecule has 7 rings (SSSR count). The molecule has 0 atom stereocenters. The Labute approximate surface area is 291 Å². The quantitative estimate of drug-likeness (QED) is 0.115. The maximum absolute atomic E-state index is 16.1. The highest BCUT2D eigenvalue weighted by Crippen LogP contribution is 2.57. The molecule has 51 heavy (non-hydrogen) atoms. The van der Waals surface area contributed by atoms with Crippen LogP contribution in [0, 0.1) is 37.1 Å². The molecule has 0 fully saturated rings. The van der Waals surface area contributed by atoms with Crippen molar-refractivity contribution < 1.29 is 42.8 Å². The maximum atomic E-state index is 16.1. The second-order valence-electron chi connectivity index (χ2n) is 12.1. The zero-order valence-electron chi connectivity index (χ0n) is 26.8. The Morgan fingerprint density at radius 3 is 1.18 bits per heavy atom. The summed E-state index contributed by atoms with van der Waals surface area (Å²) >= 11 is 0. The summed E-state index contributed by atoms with van der Waals surface area (Å²) in [7, 11) is -9.35. The molecule has 258 valence electrons. The molecule has 0 unspecified atom stereocenters. The maximum Gasteiger partial charge on any atom is 0.339 e. The van der Waals surface area contributed by atoms with Crippen LogP contribution in [0.1, 0.15) is 33.4 Å². The minimum Gasteiger partial charge on any atom is -0.373 e. The van der Waals surface area contributed by atoms with Gasteiger partial charge in [-0.15, -0.1) is 0 Å². The van der Waals surface area contributed by atoms with Crippen LogP contribution in [0.4, 0.5) is 17.6 Å². The van der Waals surface area contributed by atoms with Crippen molar-refractivity contribution in [3.05, 3.63) is 178 Å². The molecule has 6 aromatic rings. The summed E-state index contributed by atoms with van der Waals surface area (Å²) < 4.78 is 126. The van der Waals surface area contributed by atoms with Crippen molar-refractivity contribution >= 4 is 20.2 Å². The lowest BCUT2D eigenvalue weighted by molar-refractivity contribution is 0.430. The van der Waals surface area contributed by atoms with E-state index in [4.69, 9.17) is 8.37 Å². The molecule has 0 heterocycles. The van der Waals surface area contributed by atoms with Crippen molar-refractivity contribution in [3.8, 4) is 22.6 Å². The second-order valence-corrected chi connectivity index (χ2v) is 15.2. The topological polar surface area (TPSA) is 86.7 Å². The van der Waals surface area contributed by atoms with Crippen molar-refractivity contribution in [1.29, 1.82) is 0 Å². The Bertz CT molecular complexity index is 2380. The molecule has 1 aliphatic rings. The van der Waals surface area contributed by atoms with Crippen LogP contribution in [-0.2, 0) is 25.7 Å². The molecule has 0 saturated heterocycles. The summed E-state index contributed by atoms with van der Waals surface area (Å²) in [6.07, 6.45) is 0. The Kier molecular flexibility index (Phi) is 8.26. The van der Waals surface area contributed by atoms with E-state index in [1.165, 1.54) is 36.4 Å². The lowest BCUT2D eigenvalue weighted by atomic mass is 9.67. The summed E-state index contributed by atoms with van der Waals surface area (Å²) in [6, 6.07) is 28.1. The standard InChI is InChI=1S/C39H26F4O6S2/c1-23-9-7-11-27(17-23)50(44,45)48-37-33(40)19-25(20-34(37)41)39(31-15-5-3-13-29(31)30-14-4-6-16-32(30)39)26-21-35(42)38(36(43)22-26)49-51(46,47)28-12-8-10-24(2)18-28/h3-22H,1-2H3. The SMILES string of the molecule is Cc1cccc(S(=O)(=O)Oc2c(F)cc(C3(c4cc(F)c(OS(=O)(=O)c5cccc(C)c5)c(F)c4)c4ccccc4-c4ccccc43)cc2F)c1. The van der Waals surface area contributed by atoms with Gasteiger partial charge in [-0.3, -0.25) is 0 Å². The van der Waals surface area contributed by atoms with Gasteiger partial charge in [0.05, 0.1) is 5.41 Å². The number of fused-ring (bicyclic) bond motifs is 3. The van der Waals surface area contributed by atoms with Gasteiger partial charge in [-0.1, -0.05) is 72.8 Å². The van der Waals surface area contributed by atoms with E-state index in [9.17, 15) is 16.8 Å². The number of benzene rings is 6. The summed E-state index contributed by atoms with van der Waals surface area (Å²) in [6.45, 7) is 3.28. The molecule has 0 bridgehead atoms. The molecule has 0 aromatic heterocycles.